The van der Waals surface area contributed by atoms with Crippen LogP contribution in [0.15, 0.2) is 85.2 Å². The smallest absolute Gasteiger partial charge is 0.329 e. The van der Waals surface area contributed by atoms with Crippen LogP contribution in [0.5, 0.6) is 11.5 Å². The fraction of sp³-hybridized carbons (Fsp3) is 0.457. The number of aromatic nitrogens is 4. The van der Waals surface area contributed by atoms with E-state index in [9.17, 15) is 10.1 Å². The maximum Gasteiger partial charge on any atom is 0.329 e. The molecule has 2 N–H and O–H groups in total. The fourth-order valence-electron chi connectivity index (χ4n) is 7.66. The summed E-state index contributed by atoms with van der Waals surface area (Å²) in [5.74, 6) is 1.05. The number of hydrogen-bond donors (Lipinski definition) is 1. The van der Waals surface area contributed by atoms with Gasteiger partial charge in [0.25, 0.3) is 14.5 Å². The van der Waals surface area contributed by atoms with E-state index in [1.165, 1.54) is 12.0 Å². The summed E-state index contributed by atoms with van der Waals surface area (Å²) < 4.78 is 43.0. The molecule has 0 bridgehead atoms. The molecule has 1 aliphatic heterocycles. The maximum absolute atomic E-state index is 12.2. The Balaban J connectivity index is 1.47. The number of nitrogens with two attached hydrogens (primary N) is 1. The third-order valence-corrected chi connectivity index (χ3v) is 12.6. The number of imidazole rings is 1. The molecule has 3 heterocycles. The number of nitrogens with zero attached hydrogens (tertiary/aromatic N) is 7. The van der Waals surface area contributed by atoms with Gasteiger partial charge in [0.1, 0.15) is 34.9 Å². The van der Waals surface area contributed by atoms with Crippen molar-refractivity contribution in [1.29, 1.82) is 5.26 Å². The monoisotopic (exact) mass is 882 g/mol. The van der Waals surface area contributed by atoms with Crippen LogP contribution in [0.3, 0.4) is 0 Å². The van der Waals surface area contributed by atoms with Crippen LogP contribution in [-0.2, 0) is 33.8 Å². The normalized spacial score (nSPS) is 17.3. The molecule has 63 heavy (non-hydrogen) atoms. The number of ether oxygens (including phenoxy) is 4. The summed E-state index contributed by atoms with van der Waals surface area (Å²) in [6.07, 6.45) is 0.203. The number of nitriles is 1. The van der Waals surface area contributed by atoms with Gasteiger partial charge in [-0.15, -0.1) is 0 Å². The van der Waals surface area contributed by atoms with Gasteiger partial charge in [-0.3, -0.25) is 9.36 Å². The first-order chi connectivity index (χ1) is 30.1. The van der Waals surface area contributed by atoms with E-state index in [1.807, 2.05) is 99.6 Å². The molecule has 17 heteroatoms. The van der Waals surface area contributed by atoms with E-state index in [2.05, 4.69) is 48.4 Å². The fourth-order valence-corrected chi connectivity index (χ4v) is 9.42. The minimum Gasteiger partial charge on any atom is -0.497 e. The molecule has 1 aliphatic rings. The average molecular weight is 883 g/mol. The molecular formula is C46H59N8O8P. The SMILES string of the molecule is COc1ccc(C(OC[C@H]2O[C@@H](n3cnc4c(N)nc(N(OC(C)=O)C(C)(C)C)nc43)C[C@@H]2OP(OCCC#N)N(C(C)C)C(C)C)(c2ccccc2)c2ccc(OC)cc2)cc1. The summed E-state index contributed by atoms with van der Waals surface area (Å²) in [6, 6.07) is 28.0. The number of rotatable bonds is 19. The van der Waals surface area contributed by atoms with Gasteiger partial charge in [-0.25, -0.2) is 9.65 Å². The molecule has 5 aromatic rings. The molecule has 0 amide bonds. The number of nitrogen functional groups attached to an aromatic ring is 1. The molecule has 0 aliphatic carbocycles. The van der Waals surface area contributed by atoms with Crippen LogP contribution in [0.4, 0.5) is 11.8 Å². The predicted octanol–water partition coefficient (Wildman–Crippen LogP) is 8.47. The zero-order chi connectivity index (χ0) is 45.5. The quantitative estimate of drug-likeness (QED) is 0.0361. The Kier molecular flexibility index (Phi) is 15.3. The van der Waals surface area contributed by atoms with Crippen molar-refractivity contribution in [2.75, 3.05) is 38.2 Å². The van der Waals surface area contributed by atoms with Crippen LogP contribution >= 0.6 is 8.53 Å². The first-order valence-corrected chi connectivity index (χ1v) is 22.1. The topological polar surface area (TPSA) is 182 Å². The number of fused-ring (bicyclic) bond motifs is 1. The third-order valence-electron chi connectivity index (χ3n) is 10.5. The van der Waals surface area contributed by atoms with E-state index in [4.69, 9.17) is 43.6 Å². The zero-order valence-electron chi connectivity index (χ0n) is 37.7. The summed E-state index contributed by atoms with van der Waals surface area (Å²) in [4.78, 5) is 31.8. The van der Waals surface area contributed by atoms with Crippen molar-refractivity contribution in [3.8, 4) is 17.6 Å². The summed E-state index contributed by atoms with van der Waals surface area (Å²) in [7, 11) is 1.58. The Morgan fingerprint density at radius 1 is 0.937 bits per heavy atom. The van der Waals surface area contributed by atoms with Gasteiger partial charge in [0.2, 0.25) is 0 Å². The molecule has 2 aromatic heterocycles. The Bertz CT molecular complexity index is 2260. The van der Waals surface area contributed by atoms with Crippen molar-refractivity contribution < 1.29 is 37.6 Å². The summed E-state index contributed by atoms with van der Waals surface area (Å²) >= 11 is 0. The molecule has 4 atom stereocenters. The van der Waals surface area contributed by atoms with Gasteiger partial charge < -0.3 is 38.6 Å². The molecule has 1 fully saturated rings. The largest absolute Gasteiger partial charge is 0.497 e. The highest BCUT2D eigenvalue weighted by Crippen LogP contribution is 2.51. The van der Waals surface area contributed by atoms with Crippen molar-refractivity contribution in [2.45, 2.75) is 110 Å². The van der Waals surface area contributed by atoms with Crippen molar-refractivity contribution in [1.82, 2.24) is 24.2 Å². The lowest BCUT2D eigenvalue weighted by Gasteiger charge is -2.39. The van der Waals surface area contributed by atoms with Crippen molar-refractivity contribution in [2.24, 2.45) is 0 Å². The van der Waals surface area contributed by atoms with Crippen LogP contribution < -0.4 is 20.3 Å². The molecule has 16 nitrogen and oxygen atoms in total. The van der Waals surface area contributed by atoms with Gasteiger partial charge >= 0.3 is 5.97 Å². The van der Waals surface area contributed by atoms with E-state index in [0.717, 1.165) is 16.7 Å². The standard InChI is InChI=1S/C46H59N8O8P/c1-30(2)53(31(3)4)63(59-26-14-25-47)62-38-27-40(52-29-49-41-42(48)50-44(51-43(41)52)54(45(6,7)8)61-32(5)55)60-39(38)28-58-46(33-15-12-11-13-16-33,34-17-21-36(56-9)22-18-34)35-19-23-37(57-10)24-20-35/h11-13,15-24,29-31,38-40H,14,26-28H2,1-10H3,(H2,48,50,51)/t38-,39+,40+,63?/m0/s1. The molecule has 336 valence electrons. The van der Waals surface area contributed by atoms with Crippen LogP contribution in [0, 0.1) is 11.3 Å². The number of carbonyl (C=O) groups is 1. The van der Waals surface area contributed by atoms with Gasteiger partial charge in [0.15, 0.2) is 11.5 Å². The van der Waals surface area contributed by atoms with Gasteiger partial charge in [0, 0.05) is 25.4 Å². The molecule has 1 unspecified atom stereocenters. The average Bonchev–Trinajstić information content (AvgIpc) is 3.87. The molecule has 1 saturated heterocycles. The summed E-state index contributed by atoms with van der Waals surface area (Å²) in [5.41, 5.74) is 7.97. The second kappa shape index (κ2) is 20.4. The lowest BCUT2D eigenvalue weighted by atomic mass is 9.80. The number of methoxy groups -OCH3 is 2. The van der Waals surface area contributed by atoms with Crippen LogP contribution in [-0.4, -0.2) is 87.4 Å². The van der Waals surface area contributed by atoms with E-state index in [1.54, 1.807) is 25.1 Å². The van der Waals surface area contributed by atoms with Gasteiger partial charge in [-0.2, -0.15) is 20.3 Å². The minimum absolute atomic E-state index is 0.0537. The van der Waals surface area contributed by atoms with Crippen LogP contribution in [0.25, 0.3) is 11.2 Å². The van der Waals surface area contributed by atoms with Crippen LogP contribution in [0.2, 0.25) is 0 Å². The highest BCUT2D eigenvalue weighted by molar-refractivity contribution is 7.44. The molecular weight excluding hydrogens is 824 g/mol. The lowest BCUT2D eigenvalue weighted by Crippen LogP contribution is -2.43. The lowest BCUT2D eigenvalue weighted by molar-refractivity contribution is -0.144. The Morgan fingerprint density at radius 3 is 2.05 bits per heavy atom. The Hall–Kier alpha value is -5.40. The van der Waals surface area contributed by atoms with E-state index in [-0.39, 0.29) is 43.5 Å². The summed E-state index contributed by atoms with van der Waals surface area (Å²) in [6.45, 7) is 15.5. The molecule has 3 aromatic carbocycles. The molecule has 0 radical (unpaired) electrons. The predicted molar refractivity (Wildman–Crippen MR) is 241 cm³/mol. The zero-order valence-corrected chi connectivity index (χ0v) is 38.6. The highest BCUT2D eigenvalue weighted by atomic mass is 31.2. The number of carbonyl (C=O) groups excluding carboxylic acids is 1. The maximum atomic E-state index is 12.2. The van der Waals surface area contributed by atoms with Crippen molar-refractivity contribution in [3.63, 3.8) is 0 Å². The van der Waals surface area contributed by atoms with E-state index < -0.39 is 44.1 Å². The number of hydrogen-bond acceptors (Lipinski definition) is 15. The first kappa shape index (κ1) is 47.1. The van der Waals surface area contributed by atoms with Crippen molar-refractivity contribution in [3.05, 3.63) is 102 Å². The highest BCUT2D eigenvalue weighted by Gasteiger charge is 2.45. The van der Waals surface area contributed by atoms with Crippen molar-refractivity contribution >= 4 is 37.4 Å². The number of benzene rings is 3. The van der Waals surface area contributed by atoms with E-state index in [0.29, 0.717) is 29.1 Å². The Labute approximate surface area is 371 Å². The van der Waals surface area contributed by atoms with Gasteiger partial charge in [-0.05, 0) is 89.4 Å². The van der Waals surface area contributed by atoms with Gasteiger partial charge in [0.05, 0.1) is 57.9 Å². The van der Waals surface area contributed by atoms with Gasteiger partial charge in [-0.1, -0.05) is 54.6 Å². The first-order valence-electron chi connectivity index (χ1n) is 21.0. The molecule has 0 saturated carbocycles. The summed E-state index contributed by atoms with van der Waals surface area (Å²) in [5, 5.41) is 10.8. The second-order valence-corrected chi connectivity index (χ2v) is 18.1. The minimum atomic E-state index is -1.69. The third kappa shape index (κ3) is 10.5. The second-order valence-electron chi connectivity index (χ2n) is 16.7. The molecule has 0 spiro atoms. The van der Waals surface area contributed by atoms with E-state index >= 15 is 0 Å². The number of anilines is 2. The number of hydroxylamine groups is 1. The Morgan fingerprint density at radius 2 is 1.52 bits per heavy atom. The molecule has 6 rings (SSSR count). The van der Waals surface area contributed by atoms with Crippen LogP contribution in [0.1, 0.15) is 91.1 Å².